The van der Waals surface area contributed by atoms with E-state index in [1.54, 1.807) is 11.0 Å². The average molecular weight is 411 g/mol. The smallest absolute Gasteiger partial charge is 0.266 e. The topological polar surface area (TPSA) is 25.2 Å². The zero-order chi connectivity index (χ0) is 18.3. The number of benzene rings is 1. The number of nitrogens with zero attached hydrogens (tertiary/aromatic N) is 2. The van der Waals surface area contributed by atoms with Crippen LogP contribution in [0.4, 0.5) is 0 Å². The van der Waals surface area contributed by atoms with E-state index in [2.05, 4.69) is 4.57 Å². The maximum atomic E-state index is 12.4. The minimum atomic E-state index is -0.0353. The number of likely N-dealkylation sites (N-methyl/N-ethyl adjacent to an activating group) is 1. The van der Waals surface area contributed by atoms with Crippen LogP contribution in [0.2, 0.25) is 10.0 Å². The van der Waals surface area contributed by atoms with Crippen molar-refractivity contribution in [3.05, 3.63) is 56.2 Å². The number of amides is 1. The van der Waals surface area contributed by atoms with Crippen LogP contribution in [-0.4, -0.2) is 26.2 Å². The number of hydrogen-bond acceptors (Lipinski definition) is 3. The summed E-state index contributed by atoms with van der Waals surface area (Å²) in [6, 6.07) is 7.47. The molecule has 2 heterocycles. The molecule has 2 aromatic rings. The molecule has 1 aromatic carbocycles. The number of carbonyl (C=O) groups is 1. The number of aryl methyl sites for hydroxylation is 1. The van der Waals surface area contributed by atoms with E-state index < -0.39 is 0 Å². The van der Waals surface area contributed by atoms with E-state index >= 15 is 0 Å². The minimum absolute atomic E-state index is 0.0353. The molecule has 0 radical (unpaired) electrons. The molecule has 1 amide bonds. The van der Waals surface area contributed by atoms with Crippen molar-refractivity contribution in [2.75, 3.05) is 6.54 Å². The highest BCUT2D eigenvalue weighted by Crippen LogP contribution is 2.34. The third-order valence-corrected chi connectivity index (χ3v) is 6.01. The molecule has 0 N–H and O–H groups in total. The van der Waals surface area contributed by atoms with Crippen molar-refractivity contribution in [2.45, 2.75) is 20.8 Å². The summed E-state index contributed by atoms with van der Waals surface area (Å²) in [5.74, 6) is -0.0353. The van der Waals surface area contributed by atoms with Crippen LogP contribution in [0.1, 0.15) is 23.9 Å². The summed E-state index contributed by atoms with van der Waals surface area (Å²) in [4.78, 5) is 14.7. The standard InChI is InChI=1S/C18H16Cl2N2OS2/c1-4-21-17(23)16(25-18(21)24)8-12-7-10(2)22(11(12)3)15-6-5-13(19)9-14(15)20/h5-9H,4H2,1-3H3. The molecule has 0 unspecified atom stereocenters. The molecule has 0 aliphatic carbocycles. The number of hydrogen-bond donors (Lipinski definition) is 0. The summed E-state index contributed by atoms with van der Waals surface area (Å²) < 4.78 is 2.67. The van der Waals surface area contributed by atoms with Crippen LogP contribution in [0.3, 0.4) is 0 Å². The number of aromatic nitrogens is 1. The third kappa shape index (κ3) is 3.38. The fourth-order valence-corrected chi connectivity index (χ4v) is 4.75. The molecule has 3 nitrogen and oxygen atoms in total. The van der Waals surface area contributed by atoms with Gasteiger partial charge in [-0.25, -0.2) is 0 Å². The molecule has 25 heavy (non-hydrogen) atoms. The fraction of sp³-hybridized carbons (Fsp3) is 0.222. The monoisotopic (exact) mass is 410 g/mol. The van der Waals surface area contributed by atoms with Gasteiger partial charge in [0.25, 0.3) is 5.91 Å². The molecular weight excluding hydrogens is 395 g/mol. The molecule has 1 aromatic heterocycles. The number of rotatable bonds is 3. The van der Waals surface area contributed by atoms with Crippen LogP contribution < -0.4 is 0 Å². The van der Waals surface area contributed by atoms with Crippen molar-refractivity contribution in [3.63, 3.8) is 0 Å². The number of halogens is 2. The Balaban J connectivity index is 2.05. The number of thiocarbonyl (C=S) groups is 1. The highest BCUT2D eigenvalue weighted by atomic mass is 35.5. The van der Waals surface area contributed by atoms with E-state index in [4.69, 9.17) is 35.4 Å². The lowest BCUT2D eigenvalue weighted by Crippen LogP contribution is -2.27. The van der Waals surface area contributed by atoms with Crippen molar-refractivity contribution in [1.29, 1.82) is 0 Å². The van der Waals surface area contributed by atoms with Crippen molar-refractivity contribution in [3.8, 4) is 5.69 Å². The third-order valence-electron chi connectivity index (χ3n) is 4.10. The Morgan fingerprint density at radius 1 is 1.24 bits per heavy atom. The lowest BCUT2D eigenvalue weighted by Gasteiger charge is -2.12. The van der Waals surface area contributed by atoms with Gasteiger partial charge >= 0.3 is 0 Å². The van der Waals surface area contributed by atoms with Crippen LogP contribution >= 0.6 is 47.2 Å². The Labute approximate surface area is 166 Å². The second-order valence-electron chi connectivity index (χ2n) is 5.68. The van der Waals surface area contributed by atoms with Gasteiger partial charge in [0.15, 0.2) is 0 Å². The van der Waals surface area contributed by atoms with Crippen molar-refractivity contribution in [1.82, 2.24) is 9.47 Å². The van der Waals surface area contributed by atoms with E-state index in [9.17, 15) is 4.79 Å². The predicted octanol–water partition coefficient (Wildman–Crippen LogP) is 5.62. The van der Waals surface area contributed by atoms with Crippen molar-refractivity contribution < 1.29 is 4.79 Å². The second-order valence-corrected chi connectivity index (χ2v) is 8.20. The van der Waals surface area contributed by atoms with E-state index in [0.29, 0.717) is 25.8 Å². The largest absolute Gasteiger partial charge is 0.316 e. The Hall–Kier alpha value is -1.27. The van der Waals surface area contributed by atoms with Gasteiger partial charge in [0.1, 0.15) is 4.32 Å². The van der Waals surface area contributed by atoms with Crippen LogP contribution in [0.25, 0.3) is 11.8 Å². The first kappa shape index (κ1) is 18.5. The molecule has 130 valence electrons. The SMILES string of the molecule is CCN1C(=O)C(=Cc2cc(C)n(-c3ccc(Cl)cc3Cl)c2C)SC1=S. The van der Waals surface area contributed by atoms with E-state index in [1.165, 1.54) is 11.8 Å². The quantitative estimate of drug-likeness (QED) is 0.484. The van der Waals surface area contributed by atoms with Crippen LogP contribution in [0, 0.1) is 13.8 Å². The van der Waals surface area contributed by atoms with E-state index in [-0.39, 0.29) is 5.91 Å². The molecule has 1 saturated heterocycles. The van der Waals surface area contributed by atoms with Crippen LogP contribution in [-0.2, 0) is 4.79 Å². The minimum Gasteiger partial charge on any atom is -0.316 e. The van der Waals surface area contributed by atoms with Gasteiger partial charge in [-0.15, -0.1) is 0 Å². The van der Waals surface area contributed by atoms with Gasteiger partial charge in [-0.3, -0.25) is 9.69 Å². The summed E-state index contributed by atoms with van der Waals surface area (Å²) in [6.07, 6.45) is 1.90. The fourth-order valence-electron chi connectivity index (χ4n) is 2.88. The second kappa shape index (κ2) is 7.16. The highest BCUT2D eigenvalue weighted by molar-refractivity contribution is 8.26. The first-order valence-corrected chi connectivity index (χ1v) is 9.71. The van der Waals surface area contributed by atoms with Crippen LogP contribution in [0.5, 0.6) is 0 Å². The Morgan fingerprint density at radius 3 is 2.56 bits per heavy atom. The maximum absolute atomic E-state index is 12.4. The molecule has 0 atom stereocenters. The molecule has 0 bridgehead atoms. The van der Waals surface area contributed by atoms with Gasteiger partial charge < -0.3 is 4.57 Å². The van der Waals surface area contributed by atoms with Gasteiger partial charge in [-0.05, 0) is 56.7 Å². The highest BCUT2D eigenvalue weighted by Gasteiger charge is 2.31. The van der Waals surface area contributed by atoms with Crippen molar-refractivity contribution in [2.24, 2.45) is 0 Å². The van der Waals surface area contributed by atoms with Gasteiger partial charge in [0.2, 0.25) is 0 Å². The summed E-state index contributed by atoms with van der Waals surface area (Å²) in [7, 11) is 0. The number of carbonyl (C=O) groups excluding carboxylic acids is 1. The molecular formula is C18H16Cl2N2OS2. The zero-order valence-corrected chi connectivity index (χ0v) is 17.1. The summed E-state index contributed by atoms with van der Waals surface area (Å²) in [6.45, 7) is 6.51. The maximum Gasteiger partial charge on any atom is 0.266 e. The molecule has 1 fully saturated rings. The lowest BCUT2D eigenvalue weighted by molar-refractivity contribution is -0.121. The molecule has 0 saturated carbocycles. The molecule has 7 heteroatoms. The average Bonchev–Trinajstić information content (AvgIpc) is 2.97. The molecule has 3 rings (SSSR count). The Kier molecular flexibility index (Phi) is 5.30. The normalized spacial score (nSPS) is 16.4. The summed E-state index contributed by atoms with van der Waals surface area (Å²) >= 11 is 19.0. The van der Waals surface area contributed by atoms with Gasteiger partial charge in [-0.2, -0.15) is 0 Å². The van der Waals surface area contributed by atoms with Crippen LogP contribution in [0.15, 0.2) is 29.2 Å². The van der Waals surface area contributed by atoms with Gasteiger partial charge in [0.05, 0.1) is 15.6 Å². The molecule has 1 aliphatic heterocycles. The molecule has 1 aliphatic rings. The van der Waals surface area contributed by atoms with Gasteiger partial charge in [0, 0.05) is 23.0 Å². The molecule has 0 spiro atoms. The summed E-state index contributed by atoms with van der Waals surface area (Å²) in [5, 5.41) is 1.18. The first-order valence-electron chi connectivity index (χ1n) is 7.73. The lowest BCUT2D eigenvalue weighted by atomic mass is 10.2. The van der Waals surface area contributed by atoms with Crippen molar-refractivity contribution >= 4 is 63.5 Å². The van der Waals surface area contributed by atoms with Gasteiger partial charge in [-0.1, -0.05) is 47.2 Å². The van der Waals surface area contributed by atoms with E-state index in [0.717, 1.165) is 22.6 Å². The Morgan fingerprint density at radius 2 is 1.96 bits per heavy atom. The van der Waals surface area contributed by atoms with E-state index in [1.807, 2.05) is 45.0 Å². The first-order chi connectivity index (χ1) is 11.8. The summed E-state index contributed by atoms with van der Waals surface area (Å²) in [5.41, 5.74) is 3.87. The predicted molar refractivity (Wildman–Crippen MR) is 111 cm³/mol. The number of thioether (sulfide) groups is 1. The zero-order valence-electron chi connectivity index (χ0n) is 14.0. The Bertz CT molecular complexity index is 918.